The molecule has 0 aromatic heterocycles. The summed E-state index contributed by atoms with van der Waals surface area (Å²) in [5.41, 5.74) is 0.512. The Labute approximate surface area is 187 Å². The Morgan fingerprint density at radius 1 is 0.414 bits per heavy atom. The molecule has 0 fully saturated rings. The highest BCUT2D eigenvalue weighted by molar-refractivity contribution is 4.61. The molecular formula is C28H60N+. The Kier molecular flexibility index (Phi) is 18.7. The number of quaternary nitrogens is 1. The zero-order valence-corrected chi connectivity index (χ0v) is 21.8. The molecule has 0 aliphatic heterocycles. The third kappa shape index (κ3) is 18.4. The Hall–Kier alpha value is -0.0400. The molecule has 0 saturated heterocycles. The van der Waals surface area contributed by atoms with Crippen molar-refractivity contribution >= 4 is 0 Å². The molecule has 0 N–H and O–H groups in total. The van der Waals surface area contributed by atoms with E-state index in [9.17, 15) is 0 Å². The predicted molar refractivity (Wildman–Crippen MR) is 135 cm³/mol. The van der Waals surface area contributed by atoms with Crippen LogP contribution in [-0.4, -0.2) is 30.7 Å². The molecule has 1 heteroatoms. The maximum absolute atomic E-state index is 2.39. The molecule has 0 unspecified atom stereocenters. The molecule has 176 valence electrons. The van der Waals surface area contributed by atoms with Gasteiger partial charge in [-0.1, -0.05) is 92.9 Å². The van der Waals surface area contributed by atoms with E-state index in [2.05, 4.69) is 41.5 Å². The first-order valence-electron chi connectivity index (χ1n) is 13.7. The third-order valence-corrected chi connectivity index (χ3v) is 6.77. The van der Waals surface area contributed by atoms with Gasteiger partial charge in [-0.15, -0.1) is 0 Å². The highest BCUT2D eigenvalue weighted by Crippen LogP contribution is 2.23. The van der Waals surface area contributed by atoms with E-state index in [-0.39, 0.29) is 0 Å². The van der Waals surface area contributed by atoms with Crippen LogP contribution in [0.2, 0.25) is 0 Å². The van der Waals surface area contributed by atoms with Gasteiger partial charge in [0, 0.05) is 0 Å². The number of nitrogens with zero attached hydrogens (tertiary/aromatic N) is 1. The first kappa shape index (κ1) is 29.0. The van der Waals surface area contributed by atoms with Crippen LogP contribution in [0.15, 0.2) is 0 Å². The maximum Gasteiger partial charge on any atom is 0.0786 e. The van der Waals surface area contributed by atoms with E-state index in [1.54, 1.807) is 0 Å². The lowest BCUT2D eigenvalue weighted by molar-refractivity contribution is -0.929. The van der Waals surface area contributed by atoms with Crippen molar-refractivity contribution in [3.05, 3.63) is 0 Å². The van der Waals surface area contributed by atoms with Gasteiger partial charge in [0.1, 0.15) is 0 Å². The highest BCUT2D eigenvalue weighted by atomic mass is 15.3. The molecule has 0 saturated carbocycles. The molecule has 0 aliphatic carbocycles. The van der Waals surface area contributed by atoms with Crippen molar-refractivity contribution in [3.8, 4) is 0 Å². The summed E-state index contributed by atoms with van der Waals surface area (Å²) in [6.07, 6.45) is 24.3. The molecule has 0 aromatic rings. The largest absolute Gasteiger partial charge is 0.324 e. The molecule has 29 heavy (non-hydrogen) atoms. The van der Waals surface area contributed by atoms with Gasteiger partial charge in [0.15, 0.2) is 0 Å². The van der Waals surface area contributed by atoms with E-state index in [0.29, 0.717) is 5.41 Å². The molecule has 0 heterocycles. The summed E-state index contributed by atoms with van der Waals surface area (Å²) >= 11 is 0. The van der Waals surface area contributed by atoms with Crippen molar-refractivity contribution in [1.29, 1.82) is 0 Å². The maximum atomic E-state index is 2.39. The molecule has 0 atom stereocenters. The van der Waals surface area contributed by atoms with Crippen molar-refractivity contribution < 1.29 is 4.48 Å². The van der Waals surface area contributed by atoms with Crippen LogP contribution in [0.5, 0.6) is 0 Å². The fraction of sp³-hybridized carbons (Fsp3) is 1.00. The van der Waals surface area contributed by atoms with Gasteiger partial charge < -0.3 is 4.48 Å². The first-order chi connectivity index (χ1) is 13.9. The molecule has 1 nitrogen and oxygen atoms in total. The van der Waals surface area contributed by atoms with Crippen LogP contribution in [-0.2, 0) is 0 Å². The average Bonchev–Trinajstić information content (AvgIpc) is 2.67. The second kappa shape index (κ2) is 18.7. The van der Waals surface area contributed by atoms with Gasteiger partial charge in [-0.2, -0.15) is 0 Å². The topological polar surface area (TPSA) is 0 Å². The molecule has 0 rings (SSSR count). The summed E-state index contributed by atoms with van der Waals surface area (Å²) in [4.78, 5) is 0. The molecule has 0 amide bonds. The van der Waals surface area contributed by atoms with Crippen LogP contribution >= 0.6 is 0 Å². The number of rotatable bonds is 21. The monoisotopic (exact) mass is 410 g/mol. The van der Waals surface area contributed by atoms with E-state index >= 15 is 0 Å². The third-order valence-electron chi connectivity index (χ3n) is 6.77. The zero-order chi connectivity index (χ0) is 21.8. The zero-order valence-electron chi connectivity index (χ0n) is 21.8. The van der Waals surface area contributed by atoms with E-state index < -0.39 is 0 Å². The van der Waals surface area contributed by atoms with Crippen molar-refractivity contribution in [2.24, 2.45) is 5.41 Å². The normalized spacial score (nSPS) is 12.6. The number of unbranched alkanes of at least 4 members (excludes halogenated alkanes) is 12. The molecule has 0 aromatic carbocycles. The van der Waals surface area contributed by atoms with Crippen LogP contribution in [0.1, 0.15) is 151 Å². The van der Waals surface area contributed by atoms with Gasteiger partial charge in [-0.25, -0.2) is 0 Å². The lowest BCUT2D eigenvalue weighted by atomic mass is 9.89. The second-order valence-electron chi connectivity index (χ2n) is 11.1. The summed E-state index contributed by atoms with van der Waals surface area (Å²) in [6.45, 7) is 20.0. The van der Waals surface area contributed by atoms with Crippen molar-refractivity contribution in [3.63, 3.8) is 0 Å². The van der Waals surface area contributed by atoms with E-state index in [1.807, 2.05) is 0 Å². The fourth-order valence-electron chi connectivity index (χ4n) is 4.75. The summed E-state index contributed by atoms with van der Waals surface area (Å²) < 4.78 is 1.45. The Balaban J connectivity index is 4.66. The minimum absolute atomic E-state index is 0.512. The van der Waals surface area contributed by atoms with Crippen LogP contribution in [0.25, 0.3) is 0 Å². The van der Waals surface area contributed by atoms with Gasteiger partial charge in [-0.05, 0) is 63.2 Å². The lowest BCUT2D eigenvalue weighted by Crippen LogP contribution is -2.50. The SMILES string of the molecule is CCCCCC[N+](CCCCCC)(CCCCCC)CCCCCCC(C)(C)C. The van der Waals surface area contributed by atoms with E-state index in [4.69, 9.17) is 0 Å². The summed E-state index contributed by atoms with van der Waals surface area (Å²) in [5, 5.41) is 0. The average molecular weight is 411 g/mol. The van der Waals surface area contributed by atoms with Gasteiger partial charge >= 0.3 is 0 Å². The number of hydrogen-bond acceptors (Lipinski definition) is 0. The van der Waals surface area contributed by atoms with Gasteiger partial charge in [0.2, 0.25) is 0 Å². The van der Waals surface area contributed by atoms with Crippen molar-refractivity contribution in [2.75, 3.05) is 26.2 Å². The van der Waals surface area contributed by atoms with Gasteiger partial charge in [-0.3, -0.25) is 0 Å². The summed E-state index contributed by atoms with van der Waals surface area (Å²) in [7, 11) is 0. The highest BCUT2D eigenvalue weighted by Gasteiger charge is 2.25. The first-order valence-corrected chi connectivity index (χ1v) is 13.7. The van der Waals surface area contributed by atoms with Crippen molar-refractivity contribution in [1.82, 2.24) is 0 Å². The molecule has 0 aliphatic rings. The molecule has 0 radical (unpaired) electrons. The van der Waals surface area contributed by atoms with Crippen LogP contribution in [0.3, 0.4) is 0 Å². The molecule has 0 bridgehead atoms. The van der Waals surface area contributed by atoms with E-state index in [0.717, 1.165) is 0 Å². The Morgan fingerprint density at radius 2 is 0.724 bits per heavy atom. The predicted octanol–water partition coefficient (Wildman–Crippen LogP) is 9.54. The van der Waals surface area contributed by atoms with Crippen molar-refractivity contribution in [2.45, 2.75) is 151 Å². The standard InChI is InChI=1S/C28H60N/c1-7-10-13-19-24-29(25-20-14-11-8-2,26-21-15-12-9-3)27-22-17-16-18-23-28(4,5)6/h7-27H2,1-6H3/q+1. The lowest BCUT2D eigenvalue weighted by Gasteiger charge is -2.39. The minimum atomic E-state index is 0.512. The number of hydrogen-bond donors (Lipinski definition) is 0. The molecular weight excluding hydrogens is 350 g/mol. The smallest absolute Gasteiger partial charge is 0.0786 e. The van der Waals surface area contributed by atoms with Gasteiger partial charge in [0.05, 0.1) is 26.2 Å². The van der Waals surface area contributed by atoms with Gasteiger partial charge in [0.25, 0.3) is 0 Å². The van der Waals surface area contributed by atoms with Crippen LogP contribution in [0, 0.1) is 5.41 Å². The quantitative estimate of drug-likeness (QED) is 0.130. The molecule has 0 spiro atoms. The Bertz CT molecular complexity index is 296. The summed E-state index contributed by atoms with van der Waals surface area (Å²) in [5.74, 6) is 0. The minimum Gasteiger partial charge on any atom is -0.324 e. The Morgan fingerprint density at radius 3 is 1.03 bits per heavy atom. The van der Waals surface area contributed by atoms with E-state index in [1.165, 1.54) is 140 Å². The van der Waals surface area contributed by atoms with Crippen LogP contribution < -0.4 is 0 Å². The summed E-state index contributed by atoms with van der Waals surface area (Å²) in [6, 6.07) is 0. The van der Waals surface area contributed by atoms with Crippen LogP contribution in [0.4, 0.5) is 0 Å². The second-order valence-corrected chi connectivity index (χ2v) is 11.1. The fourth-order valence-corrected chi connectivity index (χ4v) is 4.75.